The topological polar surface area (TPSA) is 66.8 Å². The lowest BCUT2D eigenvalue weighted by molar-refractivity contribution is -0.143. The molecule has 1 N–H and O–H groups in total. The van der Waals surface area contributed by atoms with E-state index in [1.807, 2.05) is 20.8 Å². The SMILES string of the molecule is CN(C(=O)OC(C)(C)C)[C@H]1CC[C@H](C(=O)O)CC1. The first-order valence-electron chi connectivity index (χ1n) is 6.39. The van der Waals surface area contributed by atoms with E-state index in [0.717, 1.165) is 12.8 Å². The predicted octanol–water partition coefficient (Wildman–Crippen LogP) is 2.50. The van der Waals surface area contributed by atoms with Gasteiger partial charge in [0.1, 0.15) is 5.60 Å². The maximum Gasteiger partial charge on any atom is 0.410 e. The van der Waals surface area contributed by atoms with Crippen LogP contribution in [0.15, 0.2) is 0 Å². The fraction of sp³-hybridized carbons (Fsp3) is 0.846. The highest BCUT2D eigenvalue weighted by Crippen LogP contribution is 2.27. The van der Waals surface area contributed by atoms with E-state index in [2.05, 4.69) is 0 Å². The molecule has 5 nitrogen and oxygen atoms in total. The van der Waals surface area contributed by atoms with E-state index in [4.69, 9.17) is 9.84 Å². The van der Waals surface area contributed by atoms with E-state index in [9.17, 15) is 9.59 Å². The summed E-state index contributed by atoms with van der Waals surface area (Å²) in [6, 6.07) is 0.0930. The number of hydrogen-bond acceptors (Lipinski definition) is 3. The Morgan fingerprint density at radius 3 is 2.06 bits per heavy atom. The summed E-state index contributed by atoms with van der Waals surface area (Å²) in [4.78, 5) is 24.3. The van der Waals surface area contributed by atoms with Crippen LogP contribution in [0.3, 0.4) is 0 Å². The molecule has 0 aromatic rings. The van der Waals surface area contributed by atoms with Gasteiger partial charge in [0, 0.05) is 13.1 Å². The quantitative estimate of drug-likeness (QED) is 0.825. The van der Waals surface area contributed by atoms with Crippen LogP contribution in [-0.2, 0) is 9.53 Å². The Labute approximate surface area is 108 Å². The Morgan fingerprint density at radius 2 is 1.67 bits per heavy atom. The Hall–Kier alpha value is -1.26. The number of aliphatic carboxylic acids is 1. The van der Waals surface area contributed by atoms with Crippen LogP contribution in [0.2, 0.25) is 0 Å². The van der Waals surface area contributed by atoms with Gasteiger partial charge in [0.25, 0.3) is 0 Å². The maximum absolute atomic E-state index is 11.9. The van der Waals surface area contributed by atoms with Crippen LogP contribution in [-0.4, -0.2) is 40.8 Å². The van der Waals surface area contributed by atoms with Gasteiger partial charge in [0.15, 0.2) is 0 Å². The summed E-state index contributed by atoms with van der Waals surface area (Å²) < 4.78 is 5.30. The second kappa shape index (κ2) is 5.59. The largest absolute Gasteiger partial charge is 0.481 e. The van der Waals surface area contributed by atoms with Crippen molar-refractivity contribution < 1.29 is 19.4 Å². The minimum atomic E-state index is -0.728. The molecule has 1 saturated carbocycles. The molecule has 0 unspecified atom stereocenters. The molecule has 0 heterocycles. The zero-order valence-electron chi connectivity index (χ0n) is 11.6. The van der Waals surface area contributed by atoms with Gasteiger partial charge in [-0.3, -0.25) is 4.79 Å². The molecule has 18 heavy (non-hydrogen) atoms. The van der Waals surface area contributed by atoms with E-state index in [1.54, 1.807) is 11.9 Å². The number of rotatable bonds is 2. The number of carbonyl (C=O) groups is 2. The third-order valence-electron chi connectivity index (χ3n) is 3.28. The molecule has 0 atom stereocenters. The maximum atomic E-state index is 11.9. The van der Waals surface area contributed by atoms with Gasteiger partial charge in [-0.15, -0.1) is 0 Å². The van der Waals surface area contributed by atoms with Crippen molar-refractivity contribution in [3.63, 3.8) is 0 Å². The zero-order valence-corrected chi connectivity index (χ0v) is 11.6. The molecule has 104 valence electrons. The molecule has 0 aliphatic heterocycles. The molecule has 0 aromatic carbocycles. The van der Waals surface area contributed by atoms with Crippen molar-refractivity contribution >= 4 is 12.1 Å². The van der Waals surface area contributed by atoms with Crippen molar-refractivity contribution in [2.45, 2.75) is 58.1 Å². The Kier molecular flexibility index (Phi) is 4.59. The minimum absolute atomic E-state index is 0.0930. The van der Waals surface area contributed by atoms with Crippen molar-refractivity contribution in [2.24, 2.45) is 5.92 Å². The summed E-state index contributed by atoms with van der Waals surface area (Å²) in [6.07, 6.45) is 2.39. The lowest BCUT2D eigenvalue weighted by Crippen LogP contribution is -2.43. The first kappa shape index (κ1) is 14.8. The summed E-state index contributed by atoms with van der Waals surface area (Å²) in [6.45, 7) is 5.50. The number of nitrogens with zero attached hydrogens (tertiary/aromatic N) is 1. The number of carboxylic acids is 1. The molecule has 1 rings (SSSR count). The van der Waals surface area contributed by atoms with Gasteiger partial charge in [-0.2, -0.15) is 0 Å². The molecule has 0 saturated heterocycles. The van der Waals surface area contributed by atoms with Crippen molar-refractivity contribution in [1.29, 1.82) is 0 Å². The molecule has 1 aliphatic rings. The molecule has 5 heteroatoms. The predicted molar refractivity (Wildman–Crippen MR) is 67.4 cm³/mol. The van der Waals surface area contributed by atoms with Gasteiger partial charge < -0.3 is 14.7 Å². The number of carboxylic acid groups (broad SMARTS) is 1. The van der Waals surface area contributed by atoms with E-state index >= 15 is 0 Å². The third-order valence-corrected chi connectivity index (χ3v) is 3.28. The van der Waals surface area contributed by atoms with Crippen LogP contribution in [0, 0.1) is 5.92 Å². The zero-order chi connectivity index (χ0) is 13.9. The molecule has 0 bridgehead atoms. The minimum Gasteiger partial charge on any atom is -0.481 e. The fourth-order valence-electron chi connectivity index (χ4n) is 2.19. The highest BCUT2D eigenvalue weighted by atomic mass is 16.6. The van der Waals surface area contributed by atoms with Crippen LogP contribution < -0.4 is 0 Å². The normalized spacial score (nSPS) is 24.4. The van der Waals surface area contributed by atoms with Gasteiger partial charge in [0.2, 0.25) is 0 Å². The number of hydrogen-bond donors (Lipinski definition) is 1. The van der Waals surface area contributed by atoms with Gasteiger partial charge in [-0.25, -0.2) is 4.79 Å². The Balaban J connectivity index is 2.47. The summed E-state index contributed by atoms with van der Waals surface area (Å²) in [5, 5.41) is 8.92. The van der Waals surface area contributed by atoms with Crippen LogP contribution in [0.4, 0.5) is 4.79 Å². The number of carbonyl (C=O) groups excluding carboxylic acids is 1. The highest BCUT2D eigenvalue weighted by Gasteiger charge is 2.31. The molecule has 1 aliphatic carbocycles. The van der Waals surface area contributed by atoms with Crippen molar-refractivity contribution in [3.8, 4) is 0 Å². The molecular formula is C13H23NO4. The van der Waals surface area contributed by atoms with E-state index < -0.39 is 11.6 Å². The van der Waals surface area contributed by atoms with Crippen LogP contribution in [0.5, 0.6) is 0 Å². The van der Waals surface area contributed by atoms with E-state index in [1.165, 1.54) is 0 Å². The van der Waals surface area contributed by atoms with E-state index in [0.29, 0.717) is 12.8 Å². The van der Waals surface area contributed by atoms with Crippen LogP contribution >= 0.6 is 0 Å². The fourth-order valence-corrected chi connectivity index (χ4v) is 2.19. The molecule has 0 radical (unpaired) electrons. The lowest BCUT2D eigenvalue weighted by atomic mass is 9.85. The second-order valence-electron chi connectivity index (χ2n) is 5.93. The molecular weight excluding hydrogens is 234 g/mol. The standard InChI is InChI=1S/C13H23NO4/c1-13(2,3)18-12(17)14(4)10-7-5-9(6-8-10)11(15)16/h9-10H,5-8H2,1-4H3,(H,15,16)/t9-,10-. The van der Waals surface area contributed by atoms with Crippen molar-refractivity contribution in [3.05, 3.63) is 0 Å². The van der Waals surface area contributed by atoms with E-state index in [-0.39, 0.29) is 18.1 Å². The van der Waals surface area contributed by atoms with Crippen molar-refractivity contribution in [1.82, 2.24) is 4.90 Å². The summed E-state index contributed by atoms with van der Waals surface area (Å²) in [5.74, 6) is -0.985. The molecule has 1 amide bonds. The monoisotopic (exact) mass is 257 g/mol. The first-order valence-corrected chi connectivity index (χ1v) is 6.39. The van der Waals surface area contributed by atoms with Gasteiger partial charge in [-0.1, -0.05) is 0 Å². The number of amides is 1. The van der Waals surface area contributed by atoms with Crippen LogP contribution in [0.1, 0.15) is 46.5 Å². The second-order valence-corrected chi connectivity index (χ2v) is 5.93. The smallest absolute Gasteiger partial charge is 0.410 e. The molecule has 0 aromatic heterocycles. The summed E-state index contributed by atoms with van der Waals surface area (Å²) in [7, 11) is 1.72. The highest BCUT2D eigenvalue weighted by molar-refractivity contribution is 5.70. The average Bonchev–Trinajstić information content (AvgIpc) is 2.26. The lowest BCUT2D eigenvalue weighted by Gasteiger charge is -2.34. The van der Waals surface area contributed by atoms with Gasteiger partial charge in [0.05, 0.1) is 5.92 Å². The number of ether oxygens (including phenoxy) is 1. The summed E-state index contributed by atoms with van der Waals surface area (Å²) in [5.41, 5.74) is -0.496. The Bertz CT molecular complexity index is 313. The first-order chi connectivity index (χ1) is 8.20. The Morgan fingerprint density at radius 1 is 1.17 bits per heavy atom. The van der Waals surface area contributed by atoms with Gasteiger partial charge >= 0.3 is 12.1 Å². The summed E-state index contributed by atoms with van der Waals surface area (Å²) >= 11 is 0. The third kappa shape index (κ3) is 4.20. The van der Waals surface area contributed by atoms with Gasteiger partial charge in [-0.05, 0) is 46.5 Å². The van der Waals surface area contributed by atoms with Crippen LogP contribution in [0.25, 0.3) is 0 Å². The van der Waals surface area contributed by atoms with Crippen molar-refractivity contribution in [2.75, 3.05) is 7.05 Å². The molecule has 1 fully saturated rings. The molecule has 0 spiro atoms. The average molecular weight is 257 g/mol.